The van der Waals surface area contributed by atoms with Crippen LogP contribution in [0.5, 0.6) is 0 Å². The summed E-state index contributed by atoms with van der Waals surface area (Å²) >= 11 is 0. The maximum atomic E-state index is 12.7. The highest BCUT2D eigenvalue weighted by Crippen LogP contribution is 2.39. The third kappa shape index (κ3) is 4.65. The third-order valence-electron chi connectivity index (χ3n) is 6.70. The van der Waals surface area contributed by atoms with Gasteiger partial charge in [0, 0.05) is 43.2 Å². The van der Waals surface area contributed by atoms with Gasteiger partial charge in [-0.25, -0.2) is 4.79 Å². The number of ether oxygens (including phenoxy) is 1. The van der Waals surface area contributed by atoms with Crippen molar-refractivity contribution in [3.63, 3.8) is 0 Å². The van der Waals surface area contributed by atoms with E-state index in [1.165, 1.54) is 0 Å². The molecule has 3 amide bonds. The molecule has 3 aliphatic heterocycles. The van der Waals surface area contributed by atoms with Crippen LogP contribution in [0.25, 0.3) is 0 Å². The van der Waals surface area contributed by atoms with Crippen molar-refractivity contribution in [2.75, 3.05) is 25.0 Å². The van der Waals surface area contributed by atoms with E-state index in [2.05, 4.69) is 20.9 Å². The Balaban J connectivity index is 1.12. The molecule has 2 fully saturated rings. The van der Waals surface area contributed by atoms with Crippen LogP contribution in [0.1, 0.15) is 48.1 Å². The number of hydrogen-bond donors (Lipinski definition) is 4. The second-order valence-corrected chi connectivity index (χ2v) is 8.87. The molecule has 2 aromatic rings. The molecule has 0 radical (unpaired) electrons. The van der Waals surface area contributed by atoms with E-state index in [9.17, 15) is 14.7 Å². The molecule has 1 aromatic heterocycles. The number of likely N-dealkylation sites (tertiary alicyclic amines) is 1. The molecule has 1 unspecified atom stereocenters. The van der Waals surface area contributed by atoms with Gasteiger partial charge in [0.25, 0.3) is 0 Å². The number of aromatic nitrogens is 1. The van der Waals surface area contributed by atoms with Crippen molar-refractivity contribution in [3.8, 4) is 0 Å². The fraction of sp³-hybridized carbons (Fsp3) is 0.458. The molecule has 9 heteroatoms. The zero-order valence-electron chi connectivity index (χ0n) is 18.4. The molecule has 0 aliphatic carbocycles. The number of carbonyl (C=O) groups is 2. The van der Waals surface area contributed by atoms with Crippen LogP contribution in [0.15, 0.2) is 42.7 Å². The normalized spacial score (nSPS) is 25.7. The monoisotopic (exact) mass is 451 g/mol. The first kappa shape index (κ1) is 21.7. The Labute approximate surface area is 192 Å². The van der Waals surface area contributed by atoms with Crippen LogP contribution in [-0.4, -0.2) is 58.8 Å². The van der Waals surface area contributed by atoms with E-state index in [1.54, 1.807) is 12.4 Å². The summed E-state index contributed by atoms with van der Waals surface area (Å²) in [6, 6.07) is 9.43. The van der Waals surface area contributed by atoms with Crippen LogP contribution in [0.3, 0.4) is 0 Å². The molecular formula is C24H29N5O4. The number of carbonyl (C=O) groups excluding carboxylic acids is 2. The van der Waals surface area contributed by atoms with Gasteiger partial charge in [-0.2, -0.15) is 0 Å². The predicted molar refractivity (Wildman–Crippen MR) is 121 cm³/mol. The molecule has 2 saturated heterocycles. The first-order valence-electron chi connectivity index (χ1n) is 11.5. The van der Waals surface area contributed by atoms with E-state index in [0.717, 1.165) is 41.6 Å². The smallest absolute Gasteiger partial charge is 0.315 e. The van der Waals surface area contributed by atoms with E-state index >= 15 is 0 Å². The van der Waals surface area contributed by atoms with Gasteiger partial charge in [-0.3, -0.25) is 9.78 Å². The van der Waals surface area contributed by atoms with Crippen LogP contribution in [-0.2, 0) is 16.1 Å². The van der Waals surface area contributed by atoms with E-state index < -0.39 is 6.10 Å². The van der Waals surface area contributed by atoms with E-state index in [4.69, 9.17) is 4.74 Å². The average molecular weight is 452 g/mol. The van der Waals surface area contributed by atoms with Gasteiger partial charge in [0.2, 0.25) is 5.91 Å². The van der Waals surface area contributed by atoms with Gasteiger partial charge in [-0.05, 0) is 42.2 Å². The summed E-state index contributed by atoms with van der Waals surface area (Å²) in [6.07, 6.45) is 5.54. The number of amides is 3. The standard InChI is InChI=1S/C24H29N5O4/c30-21-14-33-22-10-19(21)28-18-6-5-15(9-17(18)22)11-26-24(32)27-13-23(31)29-8-2-4-20(29)16-3-1-7-25-12-16/h1,3,5-7,9,12,19-22,28,30H,2,4,8,10-11,13-14H2,(H2,26,27,32)/t19-,20?,21-,22-/m1/s1. The Morgan fingerprint density at radius 1 is 1.27 bits per heavy atom. The number of nitrogens with one attached hydrogen (secondary N) is 3. The lowest BCUT2D eigenvalue weighted by molar-refractivity contribution is -0.131. The summed E-state index contributed by atoms with van der Waals surface area (Å²) in [4.78, 5) is 31.0. The lowest BCUT2D eigenvalue weighted by Crippen LogP contribution is -2.46. The summed E-state index contributed by atoms with van der Waals surface area (Å²) in [5.41, 5.74) is 3.98. The van der Waals surface area contributed by atoms with Crippen molar-refractivity contribution < 1.29 is 19.4 Å². The molecule has 5 rings (SSSR count). The number of rotatable bonds is 5. The van der Waals surface area contributed by atoms with Gasteiger partial charge in [-0.15, -0.1) is 0 Å². The van der Waals surface area contributed by atoms with Gasteiger partial charge >= 0.3 is 6.03 Å². The molecular weight excluding hydrogens is 422 g/mol. The molecule has 4 atom stereocenters. The highest BCUT2D eigenvalue weighted by molar-refractivity contribution is 5.84. The highest BCUT2D eigenvalue weighted by Gasteiger charge is 2.36. The van der Waals surface area contributed by atoms with Gasteiger partial charge in [-0.1, -0.05) is 12.1 Å². The van der Waals surface area contributed by atoms with Crippen molar-refractivity contribution in [2.24, 2.45) is 0 Å². The summed E-state index contributed by atoms with van der Waals surface area (Å²) in [7, 11) is 0. The first-order valence-corrected chi connectivity index (χ1v) is 11.5. The zero-order chi connectivity index (χ0) is 22.8. The number of urea groups is 1. The molecule has 0 saturated carbocycles. The Morgan fingerprint density at radius 2 is 2.18 bits per heavy atom. The fourth-order valence-corrected chi connectivity index (χ4v) is 4.97. The number of pyridine rings is 1. The lowest BCUT2D eigenvalue weighted by atomic mass is 9.89. The van der Waals surface area contributed by atoms with Crippen LogP contribution in [0.2, 0.25) is 0 Å². The molecule has 9 nitrogen and oxygen atoms in total. The SMILES string of the molecule is O=C(NCC(=O)N1CCCC1c1cccnc1)NCc1ccc2c(c1)[C@H]1C[C@@H](N2)[C@H](O)CO1. The minimum Gasteiger partial charge on any atom is -0.389 e. The molecule has 4 N–H and O–H groups in total. The van der Waals surface area contributed by atoms with Gasteiger partial charge in [0.05, 0.1) is 37.4 Å². The number of hydrogen-bond acceptors (Lipinski definition) is 6. The fourth-order valence-electron chi connectivity index (χ4n) is 4.97. The molecule has 1 aromatic carbocycles. The van der Waals surface area contributed by atoms with E-state index in [-0.39, 0.29) is 36.7 Å². The van der Waals surface area contributed by atoms with Gasteiger partial charge in [0.1, 0.15) is 0 Å². The van der Waals surface area contributed by atoms with E-state index in [1.807, 2.05) is 35.2 Å². The van der Waals surface area contributed by atoms with Gasteiger partial charge in [0.15, 0.2) is 0 Å². The Hall–Kier alpha value is -3.17. The minimum atomic E-state index is -0.498. The minimum absolute atomic E-state index is 0.0110. The van der Waals surface area contributed by atoms with Crippen LogP contribution < -0.4 is 16.0 Å². The lowest BCUT2D eigenvalue weighted by Gasteiger charge is -2.40. The molecule has 3 aliphatic rings. The van der Waals surface area contributed by atoms with Gasteiger partial charge < -0.3 is 30.7 Å². The Morgan fingerprint density at radius 3 is 3.03 bits per heavy atom. The predicted octanol–water partition coefficient (Wildman–Crippen LogP) is 1.86. The van der Waals surface area contributed by atoms with Crippen LogP contribution in [0.4, 0.5) is 10.5 Å². The second-order valence-electron chi connectivity index (χ2n) is 8.87. The molecule has 174 valence electrons. The molecule has 2 bridgehead atoms. The zero-order valence-corrected chi connectivity index (χ0v) is 18.4. The largest absolute Gasteiger partial charge is 0.389 e. The quantitative estimate of drug-likeness (QED) is 0.552. The molecule has 33 heavy (non-hydrogen) atoms. The second kappa shape index (κ2) is 9.36. The Kier molecular flexibility index (Phi) is 6.15. The average Bonchev–Trinajstić information content (AvgIpc) is 3.34. The topological polar surface area (TPSA) is 116 Å². The van der Waals surface area contributed by atoms with Crippen LogP contribution >= 0.6 is 0 Å². The van der Waals surface area contributed by atoms with Crippen molar-refractivity contribution >= 4 is 17.6 Å². The number of nitrogens with zero attached hydrogens (tertiary/aromatic N) is 2. The number of benzene rings is 1. The summed E-state index contributed by atoms with van der Waals surface area (Å²) in [5, 5.41) is 18.9. The van der Waals surface area contributed by atoms with Crippen molar-refractivity contribution in [1.29, 1.82) is 0 Å². The number of aliphatic hydroxyl groups is 1. The summed E-state index contributed by atoms with van der Waals surface area (Å²) in [6.45, 7) is 1.30. The number of anilines is 1. The first-order chi connectivity index (χ1) is 16.1. The summed E-state index contributed by atoms with van der Waals surface area (Å²) < 4.78 is 5.79. The third-order valence-corrected chi connectivity index (χ3v) is 6.70. The van der Waals surface area contributed by atoms with Crippen molar-refractivity contribution in [1.82, 2.24) is 20.5 Å². The van der Waals surface area contributed by atoms with Crippen molar-refractivity contribution in [3.05, 3.63) is 59.4 Å². The maximum absolute atomic E-state index is 12.7. The highest BCUT2D eigenvalue weighted by atomic mass is 16.5. The maximum Gasteiger partial charge on any atom is 0.315 e. The van der Waals surface area contributed by atoms with Crippen LogP contribution in [0, 0.1) is 0 Å². The molecule has 0 spiro atoms. The van der Waals surface area contributed by atoms with E-state index in [0.29, 0.717) is 19.7 Å². The summed E-state index contributed by atoms with van der Waals surface area (Å²) in [5.74, 6) is -0.0949. The number of fused-ring (bicyclic) bond motifs is 4. The molecule has 4 heterocycles. The number of aliphatic hydroxyl groups excluding tert-OH is 1. The van der Waals surface area contributed by atoms with Crippen molar-refractivity contribution in [2.45, 2.75) is 50.1 Å². The Bertz CT molecular complexity index is 1020.